The van der Waals surface area contributed by atoms with Crippen molar-refractivity contribution in [3.05, 3.63) is 22.7 Å². The summed E-state index contributed by atoms with van der Waals surface area (Å²) in [5, 5.41) is 12.7. The molecule has 0 aliphatic rings. The van der Waals surface area contributed by atoms with Gasteiger partial charge in [0.25, 0.3) is 5.91 Å². The standard InChI is InChI=1S/C10H11F3N4O2/c1-4-6(9(18)16-2)7(19-17-4)5(3-14)8(15)10(11,12)13/h3,14H,15H2,1-2H3,(H,16,18)/b8-5+,14-3?. The van der Waals surface area contributed by atoms with Crippen molar-refractivity contribution >= 4 is 17.7 Å². The van der Waals surface area contributed by atoms with Crippen molar-refractivity contribution in [3.63, 3.8) is 0 Å². The molecule has 0 saturated heterocycles. The van der Waals surface area contributed by atoms with Crippen LogP contribution in [0.1, 0.15) is 21.8 Å². The summed E-state index contributed by atoms with van der Waals surface area (Å²) >= 11 is 0. The van der Waals surface area contributed by atoms with Gasteiger partial charge in [-0.2, -0.15) is 13.2 Å². The molecule has 1 heterocycles. The van der Waals surface area contributed by atoms with E-state index in [4.69, 9.17) is 11.1 Å². The molecule has 4 N–H and O–H groups in total. The predicted molar refractivity (Wildman–Crippen MR) is 60.6 cm³/mol. The number of hydrogen-bond acceptors (Lipinski definition) is 5. The highest BCUT2D eigenvalue weighted by Gasteiger charge is 2.36. The summed E-state index contributed by atoms with van der Waals surface area (Å²) in [5.41, 5.74) is 2.59. The fourth-order valence-electron chi connectivity index (χ4n) is 1.36. The number of nitrogens with two attached hydrogens (primary N) is 1. The van der Waals surface area contributed by atoms with Crippen LogP contribution in [0.3, 0.4) is 0 Å². The molecule has 0 aromatic carbocycles. The van der Waals surface area contributed by atoms with E-state index in [2.05, 4.69) is 15.0 Å². The van der Waals surface area contributed by atoms with Crippen molar-refractivity contribution < 1.29 is 22.5 Å². The van der Waals surface area contributed by atoms with E-state index in [9.17, 15) is 18.0 Å². The Labute approximate surface area is 105 Å². The second-order valence-corrected chi connectivity index (χ2v) is 3.52. The highest BCUT2D eigenvalue weighted by molar-refractivity contribution is 6.13. The molecule has 0 bridgehead atoms. The van der Waals surface area contributed by atoms with Crippen molar-refractivity contribution in [2.75, 3.05) is 7.05 Å². The third-order valence-electron chi connectivity index (χ3n) is 2.30. The number of carbonyl (C=O) groups is 1. The zero-order valence-electron chi connectivity index (χ0n) is 10.1. The molecule has 0 fully saturated rings. The van der Waals surface area contributed by atoms with Gasteiger partial charge < -0.3 is 21.0 Å². The molecule has 0 unspecified atom stereocenters. The number of aromatic nitrogens is 1. The van der Waals surface area contributed by atoms with Crippen LogP contribution in [-0.4, -0.2) is 30.5 Å². The molecule has 19 heavy (non-hydrogen) atoms. The number of carbonyl (C=O) groups excluding carboxylic acids is 1. The number of halogens is 3. The monoisotopic (exact) mass is 276 g/mol. The second-order valence-electron chi connectivity index (χ2n) is 3.52. The Morgan fingerprint density at radius 1 is 1.53 bits per heavy atom. The minimum absolute atomic E-state index is 0.101. The second kappa shape index (κ2) is 5.12. The fourth-order valence-corrected chi connectivity index (χ4v) is 1.36. The Morgan fingerprint density at radius 2 is 2.11 bits per heavy atom. The summed E-state index contributed by atoms with van der Waals surface area (Å²) < 4.78 is 42.3. The van der Waals surface area contributed by atoms with Crippen molar-refractivity contribution in [3.8, 4) is 0 Å². The average molecular weight is 276 g/mol. The average Bonchev–Trinajstić information content (AvgIpc) is 2.70. The molecular formula is C10H11F3N4O2. The SMILES string of the molecule is CNC(=O)c1c(C)noc1/C(C=N)=C(/N)C(F)(F)F. The Morgan fingerprint density at radius 3 is 2.53 bits per heavy atom. The molecule has 0 atom stereocenters. The maximum Gasteiger partial charge on any atom is 0.431 e. The molecule has 0 radical (unpaired) electrons. The zero-order chi connectivity index (χ0) is 14.8. The van der Waals surface area contributed by atoms with Gasteiger partial charge in [0.15, 0.2) is 5.76 Å². The van der Waals surface area contributed by atoms with Crippen LogP contribution in [0.5, 0.6) is 0 Å². The number of nitrogens with zero attached hydrogens (tertiary/aromatic N) is 1. The van der Waals surface area contributed by atoms with Crippen LogP contribution in [0, 0.1) is 12.3 Å². The van der Waals surface area contributed by atoms with E-state index in [1.807, 2.05) is 0 Å². The quantitative estimate of drug-likeness (QED) is 0.722. The zero-order valence-corrected chi connectivity index (χ0v) is 10.1. The number of nitrogens with one attached hydrogen (secondary N) is 2. The van der Waals surface area contributed by atoms with E-state index in [0.29, 0.717) is 6.21 Å². The minimum Gasteiger partial charge on any atom is -0.394 e. The summed E-state index contributed by atoms with van der Waals surface area (Å²) in [6, 6.07) is 0. The normalized spacial score (nSPS) is 12.9. The Balaban J connectivity index is 3.53. The van der Waals surface area contributed by atoms with E-state index in [1.165, 1.54) is 14.0 Å². The summed E-state index contributed by atoms with van der Waals surface area (Å²) in [6.45, 7) is 1.39. The maximum atomic E-state index is 12.5. The topological polar surface area (TPSA) is 105 Å². The number of hydrogen-bond donors (Lipinski definition) is 3. The smallest absolute Gasteiger partial charge is 0.394 e. The van der Waals surface area contributed by atoms with Gasteiger partial charge in [-0.15, -0.1) is 0 Å². The van der Waals surface area contributed by atoms with Crippen LogP contribution in [0.4, 0.5) is 13.2 Å². The summed E-state index contributed by atoms with van der Waals surface area (Å²) in [4.78, 5) is 11.6. The van der Waals surface area contributed by atoms with Gasteiger partial charge in [-0.3, -0.25) is 4.79 Å². The van der Waals surface area contributed by atoms with Gasteiger partial charge in [0.2, 0.25) is 0 Å². The first-order valence-corrected chi connectivity index (χ1v) is 5.00. The number of amides is 1. The summed E-state index contributed by atoms with van der Waals surface area (Å²) in [7, 11) is 1.31. The van der Waals surface area contributed by atoms with E-state index in [0.717, 1.165) is 0 Å². The first kappa shape index (κ1) is 14.7. The van der Waals surface area contributed by atoms with Crippen LogP contribution in [0.2, 0.25) is 0 Å². The lowest BCUT2D eigenvalue weighted by Crippen LogP contribution is -2.23. The van der Waals surface area contributed by atoms with Gasteiger partial charge in [-0.05, 0) is 6.92 Å². The molecule has 6 nitrogen and oxygen atoms in total. The number of aryl methyl sites for hydroxylation is 1. The molecule has 1 amide bonds. The lowest BCUT2D eigenvalue weighted by Gasteiger charge is -2.09. The molecular weight excluding hydrogens is 265 g/mol. The molecule has 0 aliphatic heterocycles. The number of rotatable bonds is 3. The van der Waals surface area contributed by atoms with E-state index in [1.54, 1.807) is 0 Å². The van der Waals surface area contributed by atoms with Gasteiger partial charge in [-0.1, -0.05) is 5.16 Å². The predicted octanol–water partition coefficient (Wildman–Crippen LogP) is 1.22. The van der Waals surface area contributed by atoms with Crippen LogP contribution in [0.15, 0.2) is 10.2 Å². The molecule has 0 aliphatic carbocycles. The van der Waals surface area contributed by atoms with Crippen molar-refractivity contribution in [2.45, 2.75) is 13.1 Å². The molecule has 0 saturated carbocycles. The van der Waals surface area contributed by atoms with Crippen LogP contribution >= 0.6 is 0 Å². The van der Waals surface area contributed by atoms with Gasteiger partial charge in [0.05, 0.1) is 11.3 Å². The third kappa shape index (κ3) is 2.75. The van der Waals surface area contributed by atoms with Crippen LogP contribution in [0.25, 0.3) is 5.57 Å². The Kier molecular flexibility index (Phi) is 3.98. The van der Waals surface area contributed by atoms with Gasteiger partial charge in [-0.25, -0.2) is 0 Å². The maximum absolute atomic E-state index is 12.5. The molecule has 0 spiro atoms. The Bertz CT molecular complexity index is 545. The number of allylic oxidation sites excluding steroid dienone is 2. The van der Waals surface area contributed by atoms with E-state index < -0.39 is 29.1 Å². The molecule has 9 heteroatoms. The fraction of sp³-hybridized carbons (Fsp3) is 0.300. The van der Waals surface area contributed by atoms with E-state index >= 15 is 0 Å². The third-order valence-corrected chi connectivity index (χ3v) is 2.30. The minimum atomic E-state index is -4.84. The lowest BCUT2D eigenvalue weighted by atomic mass is 10.1. The largest absolute Gasteiger partial charge is 0.431 e. The van der Waals surface area contributed by atoms with Gasteiger partial charge in [0, 0.05) is 13.3 Å². The highest BCUT2D eigenvalue weighted by atomic mass is 19.4. The highest BCUT2D eigenvalue weighted by Crippen LogP contribution is 2.30. The molecule has 1 aromatic heterocycles. The van der Waals surface area contributed by atoms with Crippen molar-refractivity contribution in [1.82, 2.24) is 10.5 Å². The van der Waals surface area contributed by atoms with Gasteiger partial charge in [0.1, 0.15) is 11.3 Å². The van der Waals surface area contributed by atoms with Crippen LogP contribution in [-0.2, 0) is 0 Å². The molecule has 1 rings (SSSR count). The van der Waals surface area contributed by atoms with Crippen molar-refractivity contribution in [1.29, 1.82) is 5.41 Å². The number of alkyl halides is 3. The van der Waals surface area contributed by atoms with E-state index in [-0.39, 0.29) is 11.3 Å². The molecule has 104 valence electrons. The van der Waals surface area contributed by atoms with Crippen LogP contribution < -0.4 is 11.1 Å². The lowest BCUT2D eigenvalue weighted by molar-refractivity contribution is -0.0919. The Hall–Kier alpha value is -2.32. The van der Waals surface area contributed by atoms with Gasteiger partial charge >= 0.3 is 6.18 Å². The molecule has 1 aromatic rings. The first-order chi connectivity index (χ1) is 8.73. The van der Waals surface area contributed by atoms with Crippen molar-refractivity contribution in [2.24, 2.45) is 5.73 Å². The summed E-state index contributed by atoms with van der Waals surface area (Å²) in [5.74, 6) is -1.16. The first-order valence-electron chi connectivity index (χ1n) is 5.00. The summed E-state index contributed by atoms with van der Waals surface area (Å²) in [6.07, 6.45) is -4.47.